The summed E-state index contributed by atoms with van der Waals surface area (Å²) >= 11 is 0. The molecule has 2 rings (SSSR count). The van der Waals surface area contributed by atoms with Crippen molar-refractivity contribution in [3.05, 3.63) is 29.8 Å². The van der Waals surface area contributed by atoms with Crippen molar-refractivity contribution >= 4 is 9.84 Å². The normalized spacial score (nSPS) is 18.0. The Labute approximate surface area is 101 Å². The van der Waals surface area contributed by atoms with Crippen LogP contribution < -0.4 is 5.73 Å². The first kappa shape index (κ1) is 12.5. The molecule has 4 nitrogen and oxygen atoms in total. The third kappa shape index (κ3) is 3.06. The standard InChI is InChI=1S/C12H17NO3S/c13-12(7-14)10-3-5-11(6-4-10)17(15,16)8-9-1-2-9/h3-6,9,12,14H,1-2,7-8,13H2/t12-/m0/s1. The first-order valence-corrected chi connectivity index (χ1v) is 7.37. The van der Waals surface area contributed by atoms with E-state index in [-0.39, 0.29) is 12.4 Å². The van der Waals surface area contributed by atoms with Crippen LogP contribution in [0, 0.1) is 5.92 Å². The molecule has 1 atom stereocenters. The molecule has 17 heavy (non-hydrogen) atoms. The Balaban J connectivity index is 2.16. The van der Waals surface area contributed by atoms with Gasteiger partial charge in [0.2, 0.25) is 0 Å². The molecule has 1 aliphatic rings. The zero-order chi connectivity index (χ0) is 12.5. The van der Waals surface area contributed by atoms with Crippen LogP contribution in [0.4, 0.5) is 0 Å². The molecule has 0 unspecified atom stereocenters. The Morgan fingerprint density at radius 3 is 2.35 bits per heavy atom. The van der Waals surface area contributed by atoms with E-state index in [1.165, 1.54) is 0 Å². The summed E-state index contributed by atoms with van der Waals surface area (Å²) in [4.78, 5) is 0.346. The summed E-state index contributed by atoms with van der Waals surface area (Å²) in [6.07, 6.45) is 2.04. The van der Waals surface area contributed by atoms with Crippen molar-refractivity contribution in [2.75, 3.05) is 12.4 Å². The van der Waals surface area contributed by atoms with Gasteiger partial charge in [-0.2, -0.15) is 0 Å². The van der Waals surface area contributed by atoms with Crippen LogP contribution in [0.3, 0.4) is 0 Å². The van der Waals surface area contributed by atoms with Crippen LogP contribution in [0.25, 0.3) is 0 Å². The highest BCUT2D eigenvalue weighted by Crippen LogP contribution is 2.32. The molecule has 5 heteroatoms. The van der Waals surface area contributed by atoms with Gasteiger partial charge in [-0.3, -0.25) is 0 Å². The number of hydrogen-bond acceptors (Lipinski definition) is 4. The largest absolute Gasteiger partial charge is 0.394 e. The maximum absolute atomic E-state index is 12.0. The predicted molar refractivity (Wildman–Crippen MR) is 65.2 cm³/mol. The number of sulfone groups is 1. The van der Waals surface area contributed by atoms with Crippen LogP contribution in [0.2, 0.25) is 0 Å². The summed E-state index contributed by atoms with van der Waals surface area (Å²) in [7, 11) is -3.15. The van der Waals surface area contributed by atoms with E-state index < -0.39 is 15.9 Å². The van der Waals surface area contributed by atoms with E-state index in [1.807, 2.05) is 0 Å². The Kier molecular flexibility index (Phi) is 3.51. The molecular formula is C12H17NO3S. The van der Waals surface area contributed by atoms with Crippen molar-refractivity contribution in [2.24, 2.45) is 11.7 Å². The van der Waals surface area contributed by atoms with Crippen LogP contribution in [0.15, 0.2) is 29.2 Å². The number of rotatable bonds is 5. The minimum atomic E-state index is -3.15. The third-order valence-electron chi connectivity index (χ3n) is 3.02. The van der Waals surface area contributed by atoms with Gasteiger partial charge >= 0.3 is 0 Å². The summed E-state index contributed by atoms with van der Waals surface area (Å²) in [6.45, 7) is -0.145. The van der Waals surface area contributed by atoms with Crippen LogP contribution in [0.1, 0.15) is 24.4 Å². The topological polar surface area (TPSA) is 80.4 Å². The fourth-order valence-corrected chi connectivity index (χ4v) is 3.42. The SMILES string of the molecule is N[C@@H](CO)c1ccc(S(=O)(=O)CC2CC2)cc1. The van der Waals surface area contributed by atoms with Gasteiger partial charge in [0.05, 0.1) is 23.3 Å². The van der Waals surface area contributed by atoms with Gasteiger partial charge in [-0.05, 0) is 36.5 Å². The lowest BCUT2D eigenvalue weighted by Gasteiger charge is -2.09. The maximum atomic E-state index is 12.0. The first-order valence-electron chi connectivity index (χ1n) is 5.72. The van der Waals surface area contributed by atoms with E-state index in [2.05, 4.69) is 0 Å². The van der Waals surface area contributed by atoms with Gasteiger partial charge in [0.15, 0.2) is 9.84 Å². The van der Waals surface area contributed by atoms with Crippen molar-refractivity contribution in [2.45, 2.75) is 23.8 Å². The smallest absolute Gasteiger partial charge is 0.178 e. The molecule has 1 saturated carbocycles. The van der Waals surface area contributed by atoms with Crippen LogP contribution in [-0.4, -0.2) is 25.9 Å². The molecule has 1 aromatic carbocycles. The van der Waals surface area contributed by atoms with Gasteiger partial charge in [-0.1, -0.05) is 12.1 Å². The summed E-state index contributed by atoms with van der Waals surface area (Å²) in [5, 5.41) is 8.90. The highest BCUT2D eigenvalue weighted by molar-refractivity contribution is 7.91. The lowest BCUT2D eigenvalue weighted by Crippen LogP contribution is -2.15. The summed E-state index contributed by atoms with van der Waals surface area (Å²) in [6, 6.07) is 6.03. The fourth-order valence-electron chi connectivity index (χ4n) is 1.72. The second-order valence-electron chi connectivity index (χ2n) is 4.58. The summed E-state index contributed by atoms with van der Waals surface area (Å²) < 4.78 is 23.9. The molecule has 1 aromatic rings. The monoisotopic (exact) mass is 255 g/mol. The van der Waals surface area contributed by atoms with E-state index in [0.29, 0.717) is 10.8 Å². The van der Waals surface area contributed by atoms with Crippen molar-refractivity contribution in [1.29, 1.82) is 0 Å². The average molecular weight is 255 g/mol. The van der Waals surface area contributed by atoms with Crippen molar-refractivity contribution in [3.63, 3.8) is 0 Å². The highest BCUT2D eigenvalue weighted by atomic mass is 32.2. The molecule has 1 fully saturated rings. The molecule has 0 heterocycles. The molecular weight excluding hydrogens is 238 g/mol. The minimum Gasteiger partial charge on any atom is -0.394 e. The second kappa shape index (κ2) is 4.76. The van der Waals surface area contributed by atoms with Gasteiger partial charge in [0.25, 0.3) is 0 Å². The summed E-state index contributed by atoms with van der Waals surface area (Å²) in [5.74, 6) is 0.595. The molecule has 0 aliphatic heterocycles. The van der Waals surface area contributed by atoms with Gasteiger partial charge in [0.1, 0.15) is 0 Å². The maximum Gasteiger partial charge on any atom is 0.178 e. The minimum absolute atomic E-state index is 0.145. The molecule has 3 N–H and O–H groups in total. The molecule has 0 saturated heterocycles. The zero-order valence-corrected chi connectivity index (χ0v) is 10.4. The Morgan fingerprint density at radius 1 is 1.29 bits per heavy atom. The Bertz CT molecular complexity index is 477. The fraction of sp³-hybridized carbons (Fsp3) is 0.500. The average Bonchev–Trinajstić information content (AvgIpc) is 3.11. The number of aliphatic hydroxyl groups is 1. The number of nitrogens with two attached hydrogens (primary N) is 1. The van der Waals surface area contributed by atoms with E-state index in [1.54, 1.807) is 24.3 Å². The zero-order valence-electron chi connectivity index (χ0n) is 9.54. The molecule has 0 radical (unpaired) electrons. The number of benzene rings is 1. The summed E-state index contributed by atoms with van der Waals surface area (Å²) in [5.41, 5.74) is 6.39. The highest BCUT2D eigenvalue weighted by Gasteiger charge is 2.28. The van der Waals surface area contributed by atoms with Gasteiger partial charge in [-0.15, -0.1) is 0 Å². The van der Waals surface area contributed by atoms with Crippen LogP contribution in [-0.2, 0) is 9.84 Å². The van der Waals surface area contributed by atoms with Crippen molar-refractivity contribution in [1.82, 2.24) is 0 Å². The molecule has 0 spiro atoms. The van der Waals surface area contributed by atoms with Crippen LogP contribution in [0.5, 0.6) is 0 Å². The van der Waals surface area contributed by atoms with Gasteiger partial charge in [-0.25, -0.2) is 8.42 Å². The van der Waals surface area contributed by atoms with Crippen LogP contribution >= 0.6 is 0 Å². The predicted octanol–water partition coefficient (Wildman–Crippen LogP) is 0.862. The van der Waals surface area contributed by atoms with E-state index in [0.717, 1.165) is 18.4 Å². The van der Waals surface area contributed by atoms with E-state index in [4.69, 9.17) is 10.8 Å². The number of aliphatic hydroxyl groups excluding tert-OH is 1. The van der Waals surface area contributed by atoms with Gasteiger partial charge < -0.3 is 10.8 Å². The Hall–Kier alpha value is -0.910. The van der Waals surface area contributed by atoms with Gasteiger partial charge in [0, 0.05) is 0 Å². The Morgan fingerprint density at radius 2 is 1.88 bits per heavy atom. The lowest BCUT2D eigenvalue weighted by atomic mass is 10.1. The molecule has 0 aromatic heterocycles. The first-order chi connectivity index (χ1) is 8.03. The van der Waals surface area contributed by atoms with Crippen molar-refractivity contribution < 1.29 is 13.5 Å². The third-order valence-corrected chi connectivity index (χ3v) is 4.92. The number of hydrogen-bond donors (Lipinski definition) is 2. The van der Waals surface area contributed by atoms with E-state index in [9.17, 15) is 8.42 Å². The molecule has 0 amide bonds. The molecule has 94 valence electrons. The van der Waals surface area contributed by atoms with E-state index >= 15 is 0 Å². The lowest BCUT2D eigenvalue weighted by molar-refractivity contribution is 0.268. The second-order valence-corrected chi connectivity index (χ2v) is 6.62. The quantitative estimate of drug-likeness (QED) is 0.818. The van der Waals surface area contributed by atoms with Crippen molar-refractivity contribution in [3.8, 4) is 0 Å². The molecule has 0 bridgehead atoms. The molecule has 1 aliphatic carbocycles.